The van der Waals surface area contributed by atoms with Crippen molar-refractivity contribution in [3.63, 3.8) is 0 Å². The summed E-state index contributed by atoms with van der Waals surface area (Å²) in [5.41, 5.74) is 8.62. The number of fused-ring (bicyclic) bond motifs is 1. The van der Waals surface area contributed by atoms with Crippen molar-refractivity contribution in [1.29, 1.82) is 0 Å². The van der Waals surface area contributed by atoms with Gasteiger partial charge in [-0.05, 0) is 29.8 Å². The van der Waals surface area contributed by atoms with Crippen LogP contribution in [-0.2, 0) is 11.2 Å². The van der Waals surface area contributed by atoms with Crippen LogP contribution in [0, 0.1) is 0 Å². The number of ether oxygens (including phenoxy) is 2. The molecule has 0 atom stereocenters. The number of benzene rings is 1. The molecule has 3 aromatic rings. The number of hydrogen-bond acceptors (Lipinski definition) is 7. The van der Waals surface area contributed by atoms with E-state index in [0.29, 0.717) is 11.6 Å². The fourth-order valence-corrected chi connectivity index (χ4v) is 3.14. The van der Waals surface area contributed by atoms with Crippen LogP contribution < -0.4 is 10.5 Å². The van der Waals surface area contributed by atoms with Crippen molar-refractivity contribution in [2.45, 2.75) is 6.42 Å². The predicted octanol–water partition coefficient (Wildman–Crippen LogP) is 2.66. The quantitative estimate of drug-likeness (QED) is 0.740. The number of carbonyl (C=O) groups excluding carboxylic acids is 1. The van der Waals surface area contributed by atoms with Crippen LogP contribution in [0.15, 0.2) is 30.3 Å². The summed E-state index contributed by atoms with van der Waals surface area (Å²) in [5, 5.41) is 0.505. The standard InChI is InChI=1S/C16H15N3O3S/c1-21-11-7-9(14-13(8-11)23-16(17)19-14)6-10-4-3-5-12(18-10)15(20)22-2/h3-5,7-8H,6H2,1-2H3,(H2,17,19). The molecule has 2 heterocycles. The lowest BCUT2D eigenvalue weighted by Gasteiger charge is -2.07. The Hall–Kier alpha value is -2.67. The summed E-state index contributed by atoms with van der Waals surface area (Å²) in [6.07, 6.45) is 0.516. The van der Waals surface area contributed by atoms with E-state index in [4.69, 9.17) is 15.2 Å². The first-order valence-electron chi connectivity index (χ1n) is 6.88. The van der Waals surface area contributed by atoms with Crippen molar-refractivity contribution < 1.29 is 14.3 Å². The Morgan fingerprint density at radius 3 is 2.83 bits per heavy atom. The van der Waals surface area contributed by atoms with Gasteiger partial charge in [-0.2, -0.15) is 0 Å². The molecule has 0 saturated carbocycles. The topological polar surface area (TPSA) is 87.3 Å². The smallest absolute Gasteiger partial charge is 0.356 e. The molecule has 0 aliphatic rings. The molecule has 2 aromatic heterocycles. The Balaban J connectivity index is 2.02. The number of esters is 1. The fourth-order valence-electron chi connectivity index (χ4n) is 2.33. The van der Waals surface area contributed by atoms with Gasteiger partial charge < -0.3 is 15.2 Å². The number of rotatable bonds is 4. The molecule has 3 rings (SSSR count). The van der Waals surface area contributed by atoms with E-state index in [1.54, 1.807) is 19.2 Å². The van der Waals surface area contributed by atoms with Crippen LogP contribution in [-0.4, -0.2) is 30.2 Å². The van der Waals surface area contributed by atoms with E-state index < -0.39 is 5.97 Å². The van der Waals surface area contributed by atoms with Gasteiger partial charge in [-0.3, -0.25) is 0 Å². The number of thiazole rings is 1. The molecular weight excluding hydrogens is 314 g/mol. The first-order valence-corrected chi connectivity index (χ1v) is 7.69. The first kappa shape index (κ1) is 15.2. The average Bonchev–Trinajstić information content (AvgIpc) is 2.94. The molecule has 23 heavy (non-hydrogen) atoms. The molecule has 0 aliphatic carbocycles. The highest BCUT2D eigenvalue weighted by molar-refractivity contribution is 7.22. The van der Waals surface area contributed by atoms with Crippen LogP contribution in [0.3, 0.4) is 0 Å². The lowest BCUT2D eigenvalue weighted by molar-refractivity contribution is 0.0593. The minimum atomic E-state index is -0.458. The van der Waals surface area contributed by atoms with Gasteiger partial charge in [0.1, 0.15) is 11.4 Å². The van der Waals surface area contributed by atoms with E-state index in [2.05, 4.69) is 9.97 Å². The maximum atomic E-state index is 11.6. The van der Waals surface area contributed by atoms with Gasteiger partial charge in [-0.25, -0.2) is 14.8 Å². The first-order chi connectivity index (χ1) is 11.1. The second kappa shape index (κ2) is 6.21. The zero-order valence-corrected chi connectivity index (χ0v) is 13.5. The molecule has 0 saturated heterocycles. The highest BCUT2D eigenvalue weighted by atomic mass is 32.1. The molecule has 7 heteroatoms. The summed E-state index contributed by atoms with van der Waals surface area (Å²) in [7, 11) is 2.95. The third-order valence-corrected chi connectivity index (χ3v) is 4.20. The van der Waals surface area contributed by atoms with Gasteiger partial charge in [0.15, 0.2) is 5.13 Å². The zero-order chi connectivity index (χ0) is 16.4. The maximum absolute atomic E-state index is 11.6. The molecule has 0 aliphatic heterocycles. The highest BCUT2D eigenvalue weighted by Gasteiger charge is 2.13. The molecule has 0 fully saturated rings. The number of nitrogen functional groups attached to an aromatic ring is 1. The molecule has 118 valence electrons. The molecule has 0 bridgehead atoms. The van der Waals surface area contributed by atoms with E-state index in [-0.39, 0.29) is 5.69 Å². The molecule has 1 aromatic carbocycles. The van der Waals surface area contributed by atoms with Crippen molar-refractivity contribution in [2.24, 2.45) is 0 Å². The molecule has 2 N–H and O–H groups in total. The van der Waals surface area contributed by atoms with Crippen molar-refractivity contribution in [3.05, 3.63) is 47.3 Å². The Labute approximate surface area is 136 Å². The molecular formula is C16H15N3O3S. The van der Waals surface area contributed by atoms with E-state index in [0.717, 1.165) is 27.2 Å². The zero-order valence-electron chi connectivity index (χ0n) is 12.7. The van der Waals surface area contributed by atoms with E-state index in [1.807, 2.05) is 18.2 Å². The Bertz CT molecular complexity index is 876. The van der Waals surface area contributed by atoms with Crippen molar-refractivity contribution in [3.8, 4) is 5.75 Å². The minimum absolute atomic E-state index is 0.280. The van der Waals surface area contributed by atoms with Crippen molar-refractivity contribution in [1.82, 2.24) is 9.97 Å². The molecule has 6 nitrogen and oxygen atoms in total. The summed E-state index contributed by atoms with van der Waals surface area (Å²) in [5.74, 6) is 0.279. The minimum Gasteiger partial charge on any atom is -0.497 e. The molecule has 0 spiro atoms. The number of aromatic nitrogens is 2. The Morgan fingerprint density at radius 1 is 1.26 bits per heavy atom. The SMILES string of the molecule is COC(=O)c1cccc(Cc2cc(OC)cc3sc(N)nc23)n1. The van der Waals surface area contributed by atoms with Gasteiger partial charge in [0.25, 0.3) is 0 Å². The fraction of sp³-hybridized carbons (Fsp3) is 0.188. The second-order valence-electron chi connectivity index (χ2n) is 4.87. The van der Waals surface area contributed by atoms with Gasteiger partial charge in [-0.15, -0.1) is 0 Å². The van der Waals surface area contributed by atoms with Crippen molar-refractivity contribution >= 4 is 32.7 Å². The Kier molecular flexibility index (Phi) is 4.12. The van der Waals surface area contributed by atoms with Crippen LogP contribution in [0.5, 0.6) is 5.75 Å². The van der Waals surface area contributed by atoms with Crippen LogP contribution in [0.4, 0.5) is 5.13 Å². The van der Waals surface area contributed by atoms with Gasteiger partial charge in [0, 0.05) is 12.1 Å². The monoisotopic (exact) mass is 329 g/mol. The predicted molar refractivity (Wildman–Crippen MR) is 89.0 cm³/mol. The number of anilines is 1. The number of nitrogens with zero attached hydrogens (tertiary/aromatic N) is 2. The van der Waals surface area contributed by atoms with Crippen LogP contribution in [0.25, 0.3) is 10.2 Å². The molecule has 0 radical (unpaired) electrons. The van der Waals surface area contributed by atoms with E-state index in [9.17, 15) is 4.79 Å². The number of methoxy groups -OCH3 is 2. The summed E-state index contributed by atoms with van der Waals surface area (Å²) < 4.78 is 11.0. The summed E-state index contributed by atoms with van der Waals surface area (Å²) >= 11 is 1.41. The molecule has 0 unspecified atom stereocenters. The lowest BCUT2D eigenvalue weighted by atomic mass is 10.1. The number of pyridine rings is 1. The third-order valence-electron chi connectivity index (χ3n) is 3.37. The van der Waals surface area contributed by atoms with Gasteiger partial charge in [-0.1, -0.05) is 17.4 Å². The van der Waals surface area contributed by atoms with E-state index in [1.165, 1.54) is 18.4 Å². The normalized spacial score (nSPS) is 10.7. The van der Waals surface area contributed by atoms with E-state index >= 15 is 0 Å². The van der Waals surface area contributed by atoms with Crippen LogP contribution >= 0.6 is 11.3 Å². The molecule has 0 amide bonds. The maximum Gasteiger partial charge on any atom is 0.356 e. The van der Waals surface area contributed by atoms with Crippen LogP contribution in [0.2, 0.25) is 0 Å². The van der Waals surface area contributed by atoms with Gasteiger partial charge in [0.2, 0.25) is 0 Å². The second-order valence-corrected chi connectivity index (χ2v) is 5.93. The van der Waals surface area contributed by atoms with Crippen molar-refractivity contribution in [2.75, 3.05) is 20.0 Å². The average molecular weight is 329 g/mol. The number of carbonyl (C=O) groups is 1. The summed E-state index contributed by atoms with van der Waals surface area (Å²) in [6, 6.07) is 9.07. The number of hydrogen-bond donors (Lipinski definition) is 1. The highest BCUT2D eigenvalue weighted by Crippen LogP contribution is 2.31. The van der Waals surface area contributed by atoms with Gasteiger partial charge in [0.05, 0.1) is 24.4 Å². The summed E-state index contributed by atoms with van der Waals surface area (Å²) in [4.78, 5) is 20.3. The largest absolute Gasteiger partial charge is 0.497 e. The Morgan fingerprint density at radius 2 is 2.09 bits per heavy atom. The summed E-state index contributed by atoms with van der Waals surface area (Å²) in [6.45, 7) is 0. The van der Waals surface area contributed by atoms with Crippen LogP contribution in [0.1, 0.15) is 21.7 Å². The number of nitrogens with two attached hydrogens (primary N) is 1. The lowest BCUT2D eigenvalue weighted by Crippen LogP contribution is -2.06. The third kappa shape index (κ3) is 3.09. The van der Waals surface area contributed by atoms with Gasteiger partial charge >= 0.3 is 5.97 Å².